The van der Waals surface area contributed by atoms with E-state index in [0.29, 0.717) is 6.42 Å². The van der Waals surface area contributed by atoms with Crippen LogP contribution in [0.15, 0.2) is 35.2 Å². The molecular formula is C15H15NO6S. The molecule has 1 heterocycles. The quantitative estimate of drug-likeness (QED) is 0.761. The number of carbonyl (C=O) groups is 2. The Bertz CT molecular complexity index is 776. The van der Waals surface area contributed by atoms with Crippen LogP contribution in [-0.4, -0.2) is 37.6 Å². The van der Waals surface area contributed by atoms with Gasteiger partial charge in [-0.25, -0.2) is 13.1 Å². The van der Waals surface area contributed by atoms with Crippen LogP contribution >= 0.6 is 0 Å². The van der Waals surface area contributed by atoms with Crippen LogP contribution in [0.5, 0.6) is 0 Å². The SMILES string of the molecule is O=C(O)[C@@H]1[C@@H]2C[C@@H]3[C@H](OC(=O)[C@@H]31)[C@H]2NS(=O)(=O)c1ccccc1. The summed E-state index contributed by atoms with van der Waals surface area (Å²) in [6.07, 6.45) is -0.0633. The minimum atomic E-state index is -3.79. The molecule has 4 rings (SSSR count). The summed E-state index contributed by atoms with van der Waals surface area (Å²) in [5, 5.41) is 9.42. The predicted molar refractivity (Wildman–Crippen MR) is 76.6 cm³/mol. The number of carboxylic acid groups (broad SMARTS) is 1. The van der Waals surface area contributed by atoms with E-state index < -0.39 is 51.9 Å². The van der Waals surface area contributed by atoms with Crippen LogP contribution in [-0.2, 0) is 24.3 Å². The zero-order valence-corrected chi connectivity index (χ0v) is 12.8. The number of fused-ring (bicyclic) bond motifs is 1. The predicted octanol–water partition coefficient (Wildman–Crippen LogP) is 0.226. The number of benzene rings is 1. The maximum Gasteiger partial charge on any atom is 0.310 e. The number of aliphatic carboxylic acids is 1. The first-order valence-electron chi connectivity index (χ1n) is 7.41. The van der Waals surface area contributed by atoms with E-state index in [0.717, 1.165) is 0 Å². The summed E-state index contributed by atoms with van der Waals surface area (Å²) in [7, 11) is -3.79. The topological polar surface area (TPSA) is 110 Å². The maximum absolute atomic E-state index is 12.5. The van der Waals surface area contributed by atoms with E-state index in [9.17, 15) is 23.1 Å². The zero-order chi connectivity index (χ0) is 16.4. The van der Waals surface area contributed by atoms with E-state index in [1.165, 1.54) is 12.1 Å². The van der Waals surface area contributed by atoms with Crippen LogP contribution in [0.1, 0.15) is 6.42 Å². The van der Waals surface area contributed by atoms with Gasteiger partial charge in [0.2, 0.25) is 10.0 Å². The highest BCUT2D eigenvalue weighted by atomic mass is 32.2. The third kappa shape index (κ3) is 2.01. The van der Waals surface area contributed by atoms with Crippen molar-refractivity contribution in [3.8, 4) is 0 Å². The van der Waals surface area contributed by atoms with Crippen LogP contribution in [0.3, 0.4) is 0 Å². The average Bonchev–Trinajstić information content (AvgIpc) is 3.11. The van der Waals surface area contributed by atoms with Crippen LogP contribution in [0.2, 0.25) is 0 Å². The van der Waals surface area contributed by atoms with Gasteiger partial charge in [-0.1, -0.05) is 18.2 Å². The molecule has 0 amide bonds. The van der Waals surface area contributed by atoms with E-state index in [1.807, 2.05) is 0 Å². The van der Waals surface area contributed by atoms with Crippen molar-refractivity contribution in [2.24, 2.45) is 23.7 Å². The van der Waals surface area contributed by atoms with E-state index in [4.69, 9.17) is 4.74 Å². The van der Waals surface area contributed by atoms with Gasteiger partial charge in [0.05, 0.1) is 22.8 Å². The third-order valence-corrected chi connectivity index (χ3v) is 6.72. The first-order chi connectivity index (χ1) is 10.9. The summed E-state index contributed by atoms with van der Waals surface area (Å²) in [6, 6.07) is 7.18. The summed E-state index contributed by atoms with van der Waals surface area (Å²) in [6.45, 7) is 0. The van der Waals surface area contributed by atoms with Crippen molar-refractivity contribution in [3.63, 3.8) is 0 Å². The summed E-state index contributed by atoms with van der Waals surface area (Å²) < 4.78 is 32.8. The Morgan fingerprint density at radius 1 is 1.22 bits per heavy atom. The molecule has 0 spiro atoms. The van der Waals surface area contributed by atoms with E-state index in [-0.39, 0.29) is 10.8 Å². The number of nitrogens with one attached hydrogen (secondary N) is 1. The number of carboxylic acids is 1. The highest BCUT2D eigenvalue weighted by Gasteiger charge is 2.69. The lowest BCUT2D eigenvalue weighted by molar-refractivity contribution is -0.151. The van der Waals surface area contributed by atoms with Gasteiger partial charge in [0.25, 0.3) is 0 Å². The number of esters is 1. The Hall–Kier alpha value is -1.93. The van der Waals surface area contributed by atoms with Crippen molar-refractivity contribution < 1.29 is 27.9 Å². The van der Waals surface area contributed by atoms with Gasteiger partial charge < -0.3 is 9.84 Å². The highest BCUT2D eigenvalue weighted by molar-refractivity contribution is 7.89. The van der Waals surface area contributed by atoms with Gasteiger partial charge in [0.15, 0.2) is 0 Å². The Morgan fingerprint density at radius 2 is 1.91 bits per heavy atom. The Balaban J connectivity index is 1.66. The molecule has 6 atom stereocenters. The maximum atomic E-state index is 12.5. The second-order valence-electron chi connectivity index (χ2n) is 6.31. The van der Waals surface area contributed by atoms with Gasteiger partial charge in [0.1, 0.15) is 6.10 Å². The van der Waals surface area contributed by atoms with Crippen molar-refractivity contribution in [3.05, 3.63) is 30.3 Å². The summed E-state index contributed by atoms with van der Waals surface area (Å²) in [5.74, 6) is -3.73. The van der Waals surface area contributed by atoms with E-state index in [1.54, 1.807) is 18.2 Å². The molecule has 0 aromatic heterocycles. The molecule has 122 valence electrons. The number of hydrogen-bond acceptors (Lipinski definition) is 5. The second-order valence-corrected chi connectivity index (χ2v) is 8.03. The van der Waals surface area contributed by atoms with Gasteiger partial charge in [-0.15, -0.1) is 0 Å². The molecule has 1 aromatic rings. The van der Waals surface area contributed by atoms with Gasteiger partial charge in [-0.3, -0.25) is 9.59 Å². The molecule has 1 aliphatic heterocycles. The van der Waals surface area contributed by atoms with Gasteiger partial charge in [-0.05, 0) is 24.5 Å². The first kappa shape index (κ1) is 14.6. The van der Waals surface area contributed by atoms with Crippen LogP contribution in [0.25, 0.3) is 0 Å². The molecule has 2 bridgehead atoms. The molecule has 3 fully saturated rings. The number of rotatable bonds is 4. The first-order valence-corrected chi connectivity index (χ1v) is 8.89. The molecule has 3 aliphatic rings. The van der Waals surface area contributed by atoms with Crippen LogP contribution < -0.4 is 4.72 Å². The third-order valence-electron chi connectivity index (χ3n) is 5.25. The molecule has 0 unspecified atom stereocenters. The number of carbonyl (C=O) groups excluding carboxylic acids is 1. The lowest BCUT2D eigenvalue weighted by Gasteiger charge is -2.29. The Kier molecular flexibility index (Phi) is 3.05. The number of ether oxygens (including phenoxy) is 1. The van der Waals surface area contributed by atoms with Gasteiger partial charge in [0, 0.05) is 5.92 Å². The largest absolute Gasteiger partial charge is 0.481 e. The van der Waals surface area contributed by atoms with Crippen molar-refractivity contribution in [2.45, 2.75) is 23.5 Å². The summed E-state index contributed by atoms with van der Waals surface area (Å²) in [5.41, 5.74) is 0. The number of hydrogen-bond donors (Lipinski definition) is 2. The Morgan fingerprint density at radius 3 is 2.57 bits per heavy atom. The van der Waals surface area contributed by atoms with Gasteiger partial charge in [-0.2, -0.15) is 0 Å². The standard InChI is InChI=1S/C15H15NO6S/c17-14(18)10-8-6-9-11(10)15(19)22-13(9)12(8)16-23(20,21)7-4-2-1-3-5-7/h1-5,8-13,16H,6H2,(H,17,18)/t8-,9-,10+,11-,12-,13-/m0/s1. The molecule has 7 nitrogen and oxygen atoms in total. The fourth-order valence-corrected chi connectivity index (χ4v) is 5.71. The molecule has 2 N–H and O–H groups in total. The normalized spacial score (nSPS) is 37.8. The molecule has 23 heavy (non-hydrogen) atoms. The monoisotopic (exact) mass is 337 g/mol. The molecular weight excluding hydrogens is 322 g/mol. The molecule has 2 saturated carbocycles. The molecule has 1 saturated heterocycles. The van der Waals surface area contributed by atoms with Gasteiger partial charge >= 0.3 is 11.9 Å². The molecule has 1 aromatic carbocycles. The Labute approximate surface area is 132 Å². The van der Waals surface area contributed by atoms with Crippen LogP contribution in [0, 0.1) is 23.7 Å². The fourth-order valence-electron chi connectivity index (χ4n) is 4.39. The van der Waals surface area contributed by atoms with Crippen molar-refractivity contribution in [1.29, 1.82) is 0 Å². The van der Waals surface area contributed by atoms with Crippen molar-refractivity contribution in [1.82, 2.24) is 4.72 Å². The lowest BCUT2D eigenvalue weighted by Crippen LogP contribution is -2.50. The lowest BCUT2D eigenvalue weighted by atomic mass is 9.78. The van der Waals surface area contributed by atoms with Crippen LogP contribution in [0.4, 0.5) is 0 Å². The summed E-state index contributed by atoms with van der Waals surface area (Å²) >= 11 is 0. The molecule has 8 heteroatoms. The average molecular weight is 337 g/mol. The minimum Gasteiger partial charge on any atom is -0.481 e. The van der Waals surface area contributed by atoms with Crippen molar-refractivity contribution >= 4 is 22.0 Å². The minimum absolute atomic E-state index is 0.107. The number of sulfonamides is 1. The van der Waals surface area contributed by atoms with Crippen molar-refractivity contribution in [2.75, 3.05) is 0 Å². The fraction of sp³-hybridized carbons (Fsp3) is 0.467. The van der Waals surface area contributed by atoms with E-state index in [2.05, 4.69) is 4.72 Å². The van der Waals surface area contributed by atoms with E-state index >= 15 is 0 Å². The molecule has 0 radical (unpaired) electrons. The summed E-state index contributed by atoms with van der Waals surface area (Å²) in [4.78, 5) is 23.6. The zero-order valence-electron chi connectivity index (χ0n) is 12.0. The highest BCUT2D eigenvalue weighted by Crippen LogP contribution is 2.57. The molecule has 2 aliphatic carbocycles. The second kappa shape index (κ2) is 4.78. The smallest absolute Gasteiger partial charge is 0.310 e.